The van der Waals surface area contributed by atoms with Crippen LogP contribution in [-0.4, -0.2) is 36.0 Å². The number of halogens is 7. The summed E-state index contributed by atoms with van der Waals surface area (Å²) in [6.07, 6.45) is -8.02. The van der Waals surface area contributed by atoms with E-state index in [1.54, 1.807) is 5.32 Å². The monoisotopic (exact) mass is 358 g/mol. The minimum absolute atomic E-state index is 0.0468. The molecule has 5 nitrogen and oxygen atoms in total. The van der Waals surface area contributed by atoms with E-state index in [4.69, 9.17) is 16.4 Å². The first kappa shape index (κ1) is 22.8. The van der Waals surface area contributed by atoms with Crippen molar-refractivity contribution in [2.75, 3.05) is 6.54 Å². The topological polar surface area (TPSA) is 89.3 Å². The van der Waals surface area contributed by atoms with Crippen LogP contribution in [0, 0.1) is 0 Å². The number of rotatable bonds is 6. The Bertz CT molecular complexity index is 384. The van der Waals surface area contributed by atoms with Crippen LogP contribution in [0.25, 0.3) is 0 Å². The highest BCUT2D eigenvalue weighted by Gasteiger charge is 2.38. The minimum atomic E-state index is -4.86. The zero-order valence-electron chi connectivity index (χ0n) is 11.0. The lowest BCUT2D eigenvalue weighted by Gasteiger charge is -2.06. The Balaban J connectivity index is 0. The third kappa shape index (κ3) is 14.9. The molecule has 0 heterocycles. The Hall–Kier alpha value is -1.52. The van der Waals surface area contributed by atoms with Gasteiger partial charge in [0.05, 0.1) is 0 Å². The maximum absolute atomic E-state index is 11.7. The molecule has 2 amide bonds. The summed E-state index contributed by atoms with van der Waals surface area (Å²) in [4.78, 5) is 29.7. The van der Waals surface area contributed by atoms with Crippen LogP contribution in [0.15, 0.2) is 0 Å². The average Bonchev–Trinajstić information content (AvgIpc) is 2.31. The molecule has 0 saturated heterocycles. The van der Waals surface area contributed by atoms with Crippen LogP contribution in [0.5, 0.6) is 0 Å². The van der Waals surface area contributed by atoms with Crippen molar-refractivity contribution in [3.05, 3.63) is 0 Å². The summed E-state index contributed by atoms with van der Waals surface area (Å²) in [5.41, 5.74) is 3.81. The molecule has 0 radical (unpaired) electrons. The largest absolute Gasteiger partial charge is 0.471 e. The predicted octanol–water partition coefficient (Wildman–Crippen LogP) is 2.02. The van der Waals surface area contributed by atoms with Crippen molar-refractivity contribution in [3.8, 4) is 0 Å². The fourth-order valence-electron chi connectivity index (χ4n) is 0.868. The van der Waals surface area contributed by atoms with E-state index in [0.29, 0.717) is 19.3 Å². The minimum Gasteiger partial charge on any atom is -0.362 e. The molecule has 0 unspecified atom stereocenters. The van der Waals surface area contributed by atoms with Crippen molar-refractivity contribution in [1.82, 2.24) is 5.32 Å². The number of carbonyl (C=O) groups excluding carboxylic acids is 3. The van der Waals surface area contributed by atoms with E-state index < -0.39 is 29.4 Å². The fourth-order valence-corrected chi connectivity index (χ4v) is 1.00. The van der Waals surface area contributed by atoms with E-state index in [9.17, 15) is 35.9 Å². The molecule has 0 aromatic heterocycles. The lowest BCUT2D eigenvalue weighted by Crippen LogP contribution is -2.37. The highest BCUT2D eigenvalue weighted by molar-refractivity contribution is 6.63. The van der Waals surface area contributed by atoms with E-state index in [-0.39, 0.29) is 13.0 Å². The summed E-state index contributed by atoms with van der Waals surface area (Å²) in [5.74, 6) is -4.19. The van der Waals surface area contributed by atoms with Crippen molar-refractivity contribution >= 4 is 28.7 Å². The number of nitrogens with two attached hydrogens (primary N) is 1. The summed E-state index contributed by atoms with van der Waals surface area (Å²) in [7, 11) is 0. The second-order valence-electron chi connectivity index (χ2n) is 3.78. The third-order valence-corrected chi connectivity index (χ3v) is 2.06. The van der Waals surface area contributed by atoms with E-state index in [1.807, 2.05) is 0 Å². The summed E-state index contributed by atoms with van der Waals surface area (Å²) in [5, 5.41) is 1.27. The molecule has 0 bridgehead atoms. The van der Waals surface area contributed by atoms with Crippen molar-refractivity contribution in [3.63, 3.8) is 0 Å². The van der Waals surface area contributed by atoms with Crippen molar-refractivity contribution in [2.24, 2.45) is 5.73 Å². The van der Waals surface area contributed by atoms with Crippen LogP contribution in [0.1, 0.15) is 25.7 Å². The molecule has 0 aromatic carbocycles. The molecular weight excluding hydrogens is 346 g/mol. The third-order valence-electron chi connectivity index (χ3n) is 1.87. The average molecular weight is 359 g/mol. The van der Waals surface area contributed by atoms with Crippen LogP contribution in [0.3, 0.4) is 0 Å². The maximum atomic E-state index is 11.7. The van der Waals surface area contributed by atoms with Gasteiger partial charge in [-0.25, -0.2) is 0 Å². The van der Waals surface area contributed by atoms with Crippen LogP contribution in [-0.2, 0) is 14.4 Å². The highest BCUT2D eigenvalue weighted by Crippen LogP contribution is 2.14. The van der Waals surface area contributed by atoms with Crippen molar-refractivity contribution < 1.29 is 40.7 Å². The molecule has 22 heavy (non-hydrogen) atoms. The normalized spacial score (nSPS) is 11.2. The van der Waals surface area contributed by atoms with Crippen LogP contribution < -0.4 is 11.1 Å². The molecule has 3 N–H and O–H groups in total. The zero-order chi connectivity index (χ0) is 18.0. The second kappa shape index (κ2) is 10.2. The number of primary amides is 1. The fraction of sp³-hybridized carbons (Fsp3) is 0.700. The molecular formula is C10H13ClF6N2O3. The first-order chi connectivity index (χ1) is 9.78. The van der Waals surface area contributed by atoms with E-state index >= 15 is 0 Å². The zero-order valence-corrected chi connectivity index (χ0v) is 11.7. The van der Waals surface area contributed by atoms with Gasteiger partial charge in [0.15, 0.2) is 0 Å². The molecule has 12 heteroatoms. The van der Waals surface area contributed by atoms with Gasteiger partial charge in [-0.05, 0) is 24.4 Å². The lowest BCUT2D eigenvalue weighted by atomic mass is 10.2. The van der Waals surface area contributed by atoms with Gasteiger partial charge in [0, 0.05) is 13.0 Å². The number of carbonyl (C=O) groups is 3. The molecule has 0 atom stereocenters. The second-order valence-corrected chi connectivity index (χ2v) is 4.20. The molecule has 0 aromatic rings. The van der Waals surface area contributed by atoms with Crippen molar-refractivity contribution in [1.29, 1.82) is 0 Å². The maximum Gasteiger partial charge on any atom is 0.471 e. The number of amides is 2. The Morgan fingerprint density at radius 2 is 1.36 bits per heavy atom. The van der Waals surface area contributed by atoms with Gasteiger partial charge in [0.25, 0.3) is 0 Å². The number of hydrogen-bond donors (Lipinski definition) is 2. The first-order valence-corrected chi connectivity index (χ1v) is 6.06. The summed E-state index contributed by atoms with van der Waals surface area (Å²) in [6.45, 7) is -0.0468. The molecule has 0 spiro atoms. The number of unbranched alkanes of at least 4 members (excludes halogenated alkanes) is 2. The van der Waals surface area contributed by atoms with Crippen LogP contribution in [0.2, 0.25) is 0 Å². The molecule has 0 rings (SSSR count). The molecule has 0 aliphatic rings. The standard InChI is InChI=1S/C8H11ClF3NO2.C2H2F3NO/c9-6(14)4-2-1-3-5-13-7(15)8(10,11)12;3-2(4,5)1(6)7/h1-5H2,(H,13,15);(H2,6,7). The number of nitrogens with one attached hydrogen (secondary N) is 1. The van der Waals surface area contributed by atoms with Crippen LogP contribution in [0.4, 0.5) is 26.3 Å². The first-order valence-electron chi connectivity index (χ1n) is 5.68. The summed E-state index contributed by atoms with van der Waals surface area (Å²) < 4.78 is 67.1. The summed E-state index contributed by atoms with van der Waals surface area (Å²) >= 11 is 5.04. The van der Waals surface area contributed by atoms with Gasteiger partial charge in [-0.2, -0.15) is 26.3 Å². The summed E-state index contributed by atoms with van der Waals surface area (Å²) in [6, 6.07) is 0. The highest BCUT2D eigenvalue weighted by atomic mass is 35.5. The predicted molar refractivity (Wildman–Crippen MR) is 63.6 cm³/mol. The van der Waals surface area contributed by atoms with Gasteiger partial charge < -0.3 is 11.1 Å². The van der Waals surface area contributed by atoms with E-state index in [1.165, 1.54) is 0 Å². The van der Waals surface area contributed by atoms with Gasteiger partial charge in [-0.15, -0.1) is 0 Å². The van der Waals surface area contributed by atoms with E-state index in [2.05, 4.69) is 5.73 Å². The molecule has 0 aliphatic heterocycles. The number of alkyl halides is 6. The Morgan fingerprint density at radius 3 is 1.68 bits per heavy atom. The molecule has 0 saturated carbocycles. The van der Waals surface area contributed by atoms with Gasteiger partial charge in [0.1, 0.15) is 0 Å². The molecule has 0 fully saturated rings. The smallest absolute Gasteiger partial charge is 0.362 e. The Morgan fingerprint density at radius 1 is 0.909 bits per heavy atom. The van der Waals surface area contributed by atoms with Gasteiger partial charge in [-0.3, -0.25) is 14.4 Å². The van der Waals surface area contributed by atoms with Gasteiger partial charge in [0.2, 0.25) is 5.24 Å². The van der Waals surface area contributed by atoms with Crippen LogP contribution >= 0.6 is 11.6 Å². The Kier molecular flexibility index (Phi) is 10.6. The molecule has 130 valence electrons. The number of hydrogen-bond acceptors (Lipinski definition) is 3. The quantitative estimate of drug-likeness (QED) is 0.432. The van der Waals surface area contributed by atoms with Gasteiger partial charge >= 0.3 is 24.2 Å². The van der Waals surface area contributed by atoms with Gasteiger partial charge in [-0.1, -0.05) is 6.42 Å². The van der Waals surface area contributed by atoms with Crippen molar-refractivity contribution in [2.45, 2.75) is 38.0 Å². The Labute approximate surface area is 126 Å². The molecule has 0 aliphatic carbocycles. The SMILES string of the molecule is NC(=O)C(F)(F)F.O=C(Cl)CCCCCNC(=O)C(F)(F)F. The van der Waals surface area contributed by atoms with E-state index in [0.717, 1.165) is 0 Å². The lowest BCUT2D eigenvalue weighted by molar-refractivity contribution is -0.173.